The molecular weight excluding hydrogens is 470 g/mol. The molecule has 1 aromatic heterocycles. The van der Waals surface area contributed by atoms with Gasteiger partial charge < -0.3 is 24.8 Å². The van der Waals surface area contributed by atoms with Crippen molar-refractivity contribution in [3.05, 3.63) is 29.6 Å². The molecule has 2 rings (SSSR count). The SMILES string of the molecule is CCCCCCCCCCCCCCCCNC(=O)OCC1OCC1c1cccnc1CNC(=O)OC. The van der Waals surface area contributed by atoms with Gasteiger partial charge in [-0.3, -0.25) is 4.98 Å². The second kappa shape index (κ2) is 19.7. The van der Waals surface area contributed by atoms with Crippen LogP contribution in [0.5, 0.6) is 0 Å². The molecule has 1 aromatic rings. The summed E-state index contributed by atoms with van der Waals surface area (Å²) in [6, 6.07) is 3.83. The average Bonchev–Trinajstić information content (AvgIpc) is 2.89. The molecule has 2 N–H and O–H groups in total. The Morgan fingerprint density at radius 3 is 2.11 bits per heavy atom. The van der Waals surface area contributed by atoms with Crippen molar-refractivity contribution in [2.45, 2.75) is 115 Å². The van der Waals surface area contributed by atoms with Crippen LogP contribution in [0.15, 0.2) is 18.3 Å². The molecule has 1 saturated heterocycles. The Morgan fingerprint density at radius 2 is 1.54 bits per heavy atom. The number of pyridine rings is 1. The lowest BCUT2D eigenvalue weighted by Crippen LogP contribution is -2.43. The molecule has 8 heteroatoms. The first kappa shape index (κ1) is 30.9. The lowest BCUT2D eigenvalue weighted by Gasteiger charge is -2.37. The summed E-state index contributed by atoms with van der Waals surface area (Å²) in [5.74, 6) is 0.0711. The first-order valence-corrected chi connectivity index (χ1v) is 14.4. The van der Waals surface area contributed by atoms with Gasteiger partial charge >= 0.3 is 12.2 Å². The van der Waals surface area contributed by atoms with E-state index in [1.54, 1.807) is 6.20 Å². The number of ether oxygens (including phenoxy) is 3. The molecule has 2 amide bonds. The molecule has 210 valence electrons. The van der Waals surface area contributed by atoms with E-state index in [4.69, 9.17) is 9.47 Å². The molecule has 1 aliphatic heterocycles. The number of carbonyl (C=O) groups is 2. The van der Waals surface area contributed by atoms with Crippen molar-refractivity contribution in [2.24, 2.45) is 0 Å². The highest BCUT2D eigenvalue weighted by atomic mass is 16.6. The Bertz CT molecular complexity index is 761. The van der Waals surface area contributed by atoms with Gasteiger partial charge in [0.2, 0.25) is 0 Å². The number of unbranched alkanes of at least 4 members (excludes halogenated alkanes) is 13. The number of carbonyl (C=O) groups excluding carboxylic acids is 2. The number of aromatic nitrogens is 1. The minimum Gasteiger partial charge on any atom is -0.453 e. The highest BCUT2D eigenvalue weighted by molar-refractivity contribution is 5.67. The van der Waals surface area contributed by atoms with Crippen LogP contribution >= 0.6 is 0 Å². The monoisotopic (exact) mass is 519 g/mol. The van der Waals surface area contributed by atoms with Crippen LogP contribution in [0.3, 0.4) is 0 Å². The number of hydrogen-bond donors (Lipinski definition) is 2. The van der Waals surface area contributed by atoms with Gasteiger partial charge in [-0.05, 0) is 18.1 Å². The number of methoxy groups -OCH3 is 1. The van der Waals surface area contributed by atoms with Crippen LogP contribution in [0.25, 0.3) is 0 Å². The third-order valence-corrected chi connectivity index (χ3v) is 7.03. The zero-order valence-corrected chi connectivity index (χ0v) is 23.1. The summed E-state index contributed by atoms with van der Waals surface area (Å²) in [7, 11) is 1.33. The molecular formula is C29H49N3O5. The van der Waals surface area contributed by atoms with E-state index in [-0.39, 0.29) is 25.2 Å². The molecule has 0 radical (unpaired) electrons. The molecule has 1 fully saturated rings. The van der Waals surface area contributed by atoms with Gasteiger partial charge in [-0.2, -0.15) is 0 Å². The van der Waals surface area contributed by atoms with Crippen LogP contribution in [0, 0.1) is 0 Å². The van der Waals surface area contributed by atoms with E-state index in [2.05, 4.69) is 27.3 Å². The molecule has 2 heterocycles. The minimum atomic E-state index is -0.503. The Hall–Kier alpha value is -2.35. The maximum Gasteiger partial charge on any atom is 0.407 e. The summed E-state index contributed by atoms with van der Waals surface area (Å²) in [4.78, 5) is 27.8. The van der Waals surface area contributed by atoms with Crippen molar-refractivity contribution in [1.82, 2.24) is 15.6 Å². The topological polar surface area (TPSA) is 98.8 Å². The lowest BCUT2D eigenvalue weighted by molar-refractivity contribution is -0.103. The number of nitrogens with zero attached hydrogens (tertiary/aromatic N) is 1. The van der Waals surface area contributed by atoms with Crippen molar-refractivity contribution in [3.8, 4) is 0 Å². The molecule has 0 saturated carbocycles. The molecule has 8 nitrogen and oxygen atoms in total. The fraction of sp³-hybridized carbons (Fsp3) is 0.759. The van der Waals surface area contributed by atoms with Crippen LogP contribution in [-0.2, 0) is 20.8 Å². The van der Waals surface area contributed by atoms with Crippen LogP contribution < -0.4 is 10.6 Å². The van der Waals surface area contributed by atoms with Gasteiger partial charge in [-0.25, -0.2) is 9.59 Å². The summed E-state index contributed by atoms with van der Waals surface area (Å²) in [5, 5.41) is 5.50. The van der Waals surface area contributed by atoms with Crippen LogP contribution in [0.4, 0.5) is 9.59 Å². The maximum atomic E-state index is 12.1. The van der Waals surface area contributed by atoms with Crippen LogP contribution in [-0.4, -0.2) is 50.1 Å². The van der Waals surface area contributed by atoms with E-state index < -0.39 is 12.2 Å². The normalized spacial score (nSPS) is 16.6. The van der Waals surface area contributed by atoms with Crippen molar-refractivity contribution < 1.29 is 23.8 Å². The molecule has 0 aliphatic carbocycles. The Balaban J connectivity index is 1.46. The largest absolute Gasteiger partial charge is 0.453 e. The number of hydrogen-bond acceptors (Lipinski definition) is 6. The van der Waals surface area contributed by atoms with Gasteiger partial charge in [-0.15, -0.1) is 0 Å². The Kier molecular flexibility index (Phi) is 16.5. The lowest BCUT2D eigenvalue weighted by atomic mass is 9.89. The minimum absolute atomic E-state index is 0.0711. The van der Waals surface area contributed by atoms with E-state index in [0.29, 0.717) is 13.2 Å². The maximum absolute atomic E-state index is 12.1. The van der Waals surface area contributed by atoms with E-state index >= 15 is 0 Å². The number of alkyl carbamates (subject to hydrolysis) is 2. The van der Waals surface area contributed by atoms with E-state index in [9.17, 15) is 9.59 Å². The Labute approximate surface area is 223 Å². The molecule has 1 aliphatic rings. The van der Waals surface area contributed by atoms with Gasteiger partial charge in [0.05, 0.1) is 26.0 Å². The van der Waals surface area contributed by atoms with E-state index in [0.717, 1.165) is 24.1 Å². The molecule has 0 bridgehead atoms. The smallest absolute Gasteiger partial charge is 0.407 e. The molecule has 2 atom stereocenters. The van der Waals surface area contributed by atoms with Crippen LogP contribution in [0.1, 0.15) is 114 Å². The van der Waals surface area contributed by atoms with E-state index in [1.807, 2.05) is 12.1 Å². The third-order valence-electron chi connectivity index (χ3n) is 7.03. The predicted molar refractivity (Wildman–Crippen MR) is 146 cm³/mol. The fourth-order valence-corrected chi connectivity index (χ4v) is 4.67. The summed E-state index contributed by atoms with van der Waals surface area (Å²) >= 11 is 0. The Morgan fingerprint density at radius 1 is 0.919 bits per heavy atom. The molecule has 0 aromatic carbocycles. The average molecular weight is 520 g/mol. The van der Waals surface area contributed by atoms with Gasteiger partial charge in [0.1, 0.15) is 12.7 Å². The number of amides is 2. The highest BCUT2D eigenvalue weighted by Gasteiger charge is 2.36. The second-order valence-corrected chi connectivity index (χ2v) is 9.98. The highest BCUT2D eigenvalue weighted by Crippen LogP contribution is 2.33. The summed E-state index contributed by atoms with van der Waals surface area (Å²) < 4.78 is 15.6. The van der Waals surface area contributed by atoms with Crippen molar-refractivity contribution in [3.63, 3.8) is 0 Å². The summed E-state index contributed by atoms with van der Waals surface area (Å²) in [6.07, 6.45) is 19.0. The number of rotatable bonds is 20. The van der Waals surface area contributed by atoms with Crippen LogP contribution in [0.2, 0.25) is 0 Å². The standard InChI is InChI=1S/C29H49N3O5/c1-3-4-5-6-7-8-9-10-11-12-13-14-15-16-19-31-29(34)37-23-27-25(22-36-27)24-18-17-20-30-26(24)21-32-28(33)35-2/h17-18,20,25,27H,3-16,19,21-23H2,1-2H3,(H,31,34)(H,32,33). The third kappa shape index (κ3) is 13.1. The molecule has 2 unspecified atom stereocenters. The fourth-order valence-electron chi connectivity index (χ4n) is 4.67. The summed E-state index contributed by atoms with van der Waals surface area (Å²) in [6.45, 7) is 3.90. The van der Waals surface area contributed by atoms with Crippen molar-refractivity contribution in [1.29, 1.82) is 0 Å². The number of nitrogens with one attached hydrogen (secondary N) is 2. The van der Waals surface area contributed by atoms with Gasteiger partial charge in [0, 0.05) is 18.7 Å². The first-order valence-electron chi connectivity index (χ1n) is 14.4. The predicted octanol–water partition coefficient (Wildman–Crippen LogP) is 6.63. The quantitative estimate of drug-likeness (QED) is 0.188. The van der Waals surface area contributed by atoms with Gasteiger partial charge in [0.25, 0.3) is 0 Å². The van der Waals surface area contributed by atoms with E-state index in [1.165, 1.54) is 84.2 Å². The van der Waals surface area contributed by atoms with Gasteiger partial charge in [-0.1, -0.05) is 96.5 Å². The molecule has 37 heavy (non-hydrogen) atoms. The molecule has 0 spiro atoms. The second-order valence-electron chi connectivity index (χ2n) is 9.98. The van der Waals surface area contributed by atoms with Gasteiger partial charge in [0.15, 0.2) is 0 Å². The first-order chi connectivity index (χ1) is 18.2. The summed E-state index contributed by atoms with van der Waals surface area (Å²) in [5.41, 5.74) is 1.75. The van der Waals surface area contributed by atoms with Crippen molar-refractivity contribution in [2.75, 3.05) is 26.9 Å². The van der Waals surface area contributed by atoms with Crippen molar-refractivity contribution >= 4 is 12.2 Å². The zero-order valence-electron chi connectivity index (χ0n) is 23.1. The zero-order chi connectivity index (χ0) is 26.6.